The Labute approximate surface area is 183 Å². The zero-order valence-electron chi connectivity index (χ0n) is 20.1. The number of nitrogens with one attached hydrogen (secondary N) is 2. The van der Waals surface area contributed by atoms with E-state index in [1.54, 1.807) is 0 Å². The smallest absolute Gasteiger partial charge is 0.223 e. The molecule has 3 rings (SSSR count). The predicted octanol–water partition coefficient (Wildman–Crippen LogP) is 3.83. The fourth-order valence-corrected chi connectivity index (χ4v) is 5.86. The molecule has 5 nitrogen and oxygen atoms in total. The molecule has 5 heteroatoms. The van der Waals surface area contributed by atoms with Crippen LogP contribution in [0.15, 0.2) is 0 Å². The zero-order chi connectivity index (χ0) is 22.3. The molecule has 0 aromatic heterocycles. The van der Waals surface area contributed by atoms with Gasteiger partial charge in [-0.05, 0) is 102 Å². The second-order valence-corrected chi connectivity index (χ2v) is 12.1. The molecule has 0 radical (unpaired) electrons. The van der Waals surface area contributed by atoms with Crippen molar-refractivity contribution in [1.29, 1.82) is 0 Å². The van der Waals surface area contributed by atoms with Crippen molar-refractivity contribution in [3.63, 3.8) is 0 Å². The van der Waals surface area contributed by atoms with E-state index >= 15 is 0 Å². The summed E-state index contributed by atoms with van der Waals surface area (Å²) >= 11 is 0. The van der Waals surface area contributed by atoms with Gasteiger partial charge in [0, 0.05) is 17.5 Å². The second kappa shape index (κ2) is 9.07. The molecule has 0 saturated heterocycles. The Balaban J connectivity index is 1.58. The molecule has 0 aromatic rings. The monoisotopic (exact) mass is 422 g/mol. The lowest BCUT2D eigenvalue weighted by Crippen LogP contribution is -2.53. The first-order valence-corrected chi connectivity index (χ1v) is 12.4. The summed E-state index contributed by atoms with van der Waals surface area (Å²) in [5, 5.41) is 27.3. The maximum Gasteiger partial charge on any atom is 0.223 e. The molecule has 4 N–H and O–H groups in total. The Morgan fingerprint density at radius 1 is 1.03 bits per heavy atom. The molecule has 0 bridgehead atoms. The van der Waals surface area contributed by atoms with E-state index in [2.05, 4.69) is 31.4 Å². The molecule has 3 saturated carbocycles. The maximum absolute atomic E-state index is 12.5. The highest BCUT2D eigenvalue weighted by Crippen LogP contribution is 2.52. The first kappa shape index (κ1) is 24.0. The summed E-state index contributed by atoms with van der Waals surface area (Å²) in [4.78, 5) is 12.5. The van der Waals surface area contributed by atoms with Gasteiger partial charge in [0.2, 0.25) is 5.91 Å². The average Bonchev–Trinajstić information content (AvgIpc) is 3.53. The van der Waals surface area contributed by atoms with Gasteiger partial charge in [-0.15, -0.1) is 0 Å². The zero-order valence-corrected chi connectivity index (χ0v) is 20.1. The van der Waals surface area contributed by atoms with Gasteiger partial charge >= 0.3 is 0 Å². The molecular formula is C25H46N2O3. The third-order valence-corrected chi connectivity index (χ3v) is 8.08. The fraction of sp³-hybridized carbons (Fsp3) is 0.960. The molecule has 174 valence electrons. The molecule has 1 amide bonds. The van der Waals surface area contributed by atoms with E-state index in [0.717, 1.165) is 44.4 Å². The summed E-state index contributed by atoms with van der Waals surface area (Å²) in [6, 6.07) is 0.327. The number of aliphatic hydroxyl groups is 2. The average molecular weight is 423 g/mol. The predicted molar refractivity (Wildman–Crippen MR) is 121 cm³/mol. The minimum absolute atomic E-state index is 0.145. The molecule has 0 spiro atoms. The standard InChI is InChI=1S/C25H46N2O3/c1-15(2)20-14-25(20,23(29)30)26-21(16(3)18-11-12-18)13-17-7-9-19(10-8-17)22(28)27-24(4,5)6/h15-21,23,26,29-30H,7-14H2,1-6H3,(H,27,28)/t16?,17?,19?,20?,21-,25?/m0/s1. The van der Waals surface area contributed by atoms with E-state index in [9.17, 15) is 15.0 Å². The van der Waals surface area contributed by atoms with Crippen LogP contribution in [-0.4, -0.2) is 39.5 Å². The minimum atomic E-state index is -1.30. The van der Waals surface area contributed by atoms with Crippen LogP contribution in [0, 0.1) is 35.5 Å². The lowest BCUT2D eigenvalue weighted by atomic mass is 9.76. The van der Waals surface area contributed by atoms with Crippen LogP contribution in [0.3, 0.4) is 0 Å². The van der Waals surface area contributed by atoms with E-state index in [1.165, 1.54) is 12.8 Å². The number of aliphatic hydroxyl groups excluding tert-OH is 1. The van der Waals surface area contributed by atoms with Gasteiger partial charge < -0.3 is 20.8 Å². The molecule has 30 heavy (non-hydrogen) atoms. The third-order valence-electron chi connectivity index (χ3n) is 8.08. The van der Waals surface area contributed by atoms with Crippen LogP contribution in [0.25, 0.3) is 0 Å². The summed E-state index contributed by atoms with van der Waals surface area (Å²) in [6.45, 7) is 12.8. The molecule has 3 aliphatic rings. The summed E-state index contributed by atoms with van der Waals surface area (Å²) < 4.78 is 0. The fourth-order valence-electron chi connectivity index (χ4n) is 5.86. The maximum atomic E-state index is 12.5. The van der Waals surface area contributed by atoms with Gasteiger partial charge in [-0.3, -0.25) is 4.79 Å². The second-order valence-electron chi connectivity index (χ2n) is 12.1. The van der Waals surface area contributed by atoms with Crippen LogP contribution in [0.4, 0.5) is 0 Å². The van der Waals surface area contributed by atoms with E-state index in [-0.39, 0.29) is 17.4 Å². The molecule has 3 unspecified atom stereocenters. The van der Waals surface area contributed by atoms with Crippen molar-refractivity contribution in [2.45, 2.75) is 116 Å². The Hall–Kier alpha value is -0.650. The summed E-state index contributed by atoms with van der Waals surface area (Å²) in [6.07, 6.45) is 7.40. The lowest BCUT2D eigenvalue weighted by molar-refractivity contribution is -0.127. The van der Waals surface area contributed by atoms with Crippen LogP contribution in [-0.2, 0) is 4.79 Å². The number of carbonyl (C=O) groups is 1. The van der Waals surface area contributed by atoms with E-state index in [0.29, 0.717) is 29.7 Å². The molecule has 0 aliphatic heterocycles. The summed E-state index contributed by atoms with van der Waals surface area (Å²) in [5.41, 5.74) is -0.689. The van der Waals surface area contributed by atoms with Crippen molar-refractivity contribution in [1.82, 2.24) is 10.6 Å². The van der Waals surface area contributed by atoms with Crippen LogP contribution in [0.5, 0.6) is 0 Å². The number of amides is 1. The highest BCUT2D eigenvalue weighted by Gasteiger charge is 2.61. The molecule has 0 aromatic carbocycles. The van der Waals surface area contributed by atoms with Gasteiger partial charge in [-0.1, -0.05) is 20.8 Å². The third kappa shape index (κ3) is 5.77. The minimum Gasteiger partial charge on any atom is -0.367 e. The van der Waals surface area contributed by atoms with Crippen molar-refractivity contribution in [2.75, 3.05) is 0 Å². The van der Waals surface area contributed by atoms with Gasteiger partial charge in [-0.2, -0.15) is 0 Å². The van der Waals surface area contributed by atoms with Crippen LogP contribution in [0.1, 0.15) is 92.9 Å². The first-order valence-electron chi connectivity index (χ1n) is 12.4. The number of hydrogen-bond donors (Lipinski definition) is 4. The van der Waals surface area contributed by atoms with Gasteiger partial charge in [-0.25, -0.2) is 0 Å². The molecule has 4 atom stereocenters. The van der Waals surface area contributed by atoms with Crippen molar-refractivity contribution in [3.05, 3.63) is 0 Å². The Bertz CT molecular complexity index is 588. The molecule has 3 fully saturated rings. The highest BCUT2D eigenvalue weighted by atomic mass is 16.5. The van der Waals surface area contributed by atoms with Crippen molar-refractivity contribution < 1.29 is 15.0 Å². The molecule has 3 aliphatic carbocycles. The lowest BCUT2D eigenvalue weighted by Gasteiger charge is -2.37. The van der Waals surface area contributed by atoms with E-state index in [4.69, 9.17) is 0 Å². The number of carbonyl (C=O) groups excluding carboxylic acids is 1. The summed E-state index contributed by atoms with van der Waals surface area (Å²) in [5.74, 6) is 3.10. The van der Waals surface area contributed by atoms with Crippen LogP contribution < -0.4 is 10.6 Å². The van der Waals surface area contributed by atoms with Gasteiger partial charge in [0.25, 0.3) is 0 Å². The topological polar surface area (TPSA) is 81.6 Å². The Kier molecular flexibility index (Phi) is 7.26. The normalized spacial score (nSPS) is 34.1. The largest absolute Gasteiger partial charge is 0.367 e. The molecule has 0 heterocycles. The highest BCUT2D eigenvalue weighted by molar-refractivity contribution is 5.79. The van der Waals surface area contributed by atoms with Crippen molar-refractivity contribution >= 4 is 5.91 Å². The first-order chi connectivity index (χ1) is 13.9. The quantitative estimate of drug-likeness (QED) is 0.426. The molecular weight excluding hydrogens is 376 g/mol. The van der Waals surface area contributed by atoms with Gasteiger partial charge in [0.05, 0.1) is 5.54 Å². The van der Waals surface area contributed by atoms with Gasteiger partial charge in [0.15, 0.2) is 6.29 Å². The Morgan fingerprint density at radius 3 is 2.07 bits per heavy atom. The van der Waals surface area contributed by atoms with Crippen molar-refractivity contribution in [3.8, 4) is 0 Å². The SMILES string of the molecule is CC(C)C1CC1(N[C@@H](CC1CCC(C(=O)NC(C)(C)C)CC1)C(C)C1CC1)C(O)O. The Morgan fingerprint density at radius 2 is 1.63 bits per heavy atom. The number of rotatable bonds is 9. The van der Waals surface area contributed by atoms with Crippen molar-refractivity contribution in [2.24, 2.45) is 35.5 Å². The number of hydrogen-bond acceptors (Lipinski definition) is 4. The van der Waals surface area contributed by atoms with E-state index < -0.39 is 11.8 Å². The van der Waals surface area contributed by atoms with Crippen LogP contribution >= 0.6 is 0 Å². The van der Waals surface area contributed by atoms with E-state index in [1.807, 2.05) is 20.8 Å². The van der Waals surface area contributed by atoms with Gasteiger partial charge in [0.1, 0.15) is 0 Å². The van der Waals surface area contributed by atoms with Crippen LogP contribution in [0.2, 0.25) is 0 Å². The summed E-state index contributed by atoms with van der Waals surface area (Å²) in [7, 11) is 0.